The lowest BCUT2D eigenvalue weighted by molar-refractivity contribution is -0.136. The third kappa shape index (κ3) is 6.14. The second-order valence-corrected chi connectivity index (χ2v) is 5.84. The standard InChI is InChI=1S/C15H21ClN2O3/c1-9(2)6-11(19)8-17-14(20)15(21)18-13-5-4-10(3)7-12(13)16/h4-5,7,9,11,19H,6,8H2,1-3H3,(H,17,20)(H,18,21). The molecule has 1 rings (SSSR count). The first-order valence-electron chi connectivity index (χ1n) is 6.83. The quantitative estimate of drug-likeness (QED) is 0.729. The number of hydrogen-bond acceptors (Lipinski definition) is 3. The Balaban J connectivity index is 2.49. The number of amides is 2. The molecule has 116 valence electrons. The highest BCUT2D eigenvalue weighted by Crippen LogP contribution is 2.22. The summed E-state index contributed by atoms with van der Waals surface area (Å²) in [4.78, 5) is 23.4. The van der Waals surface area contributed by atoms with Gasteiger partial charge in [0.1, 0.15) is 0 Å². The van der Waals surface area contributed by atoms with Gasteiger partial charge in [0.2, 0.25) is 0 Å². The van der Waals surface area contributed by atoms with E-state index in [2.05, 4.69) is 10.6 Å². The highest BCUT2D eigenvalue weighted by atomic mass is 35.5. The highest BCUT2D eigenvalue weighted by molar-refractivity contribution is 6.41. The fraction of sp³-hybridized carbons (Fsp3) is 0.467. The summed E-state index contributed by atoms with van der Waals surface area (Å²) in [6.45, 7) is 5.86. The molecule has 1 aromatic rings. The number of hydrogen-bond donors (Lipinski definition) is 3. The Morgan fingerprint density at radius 1 is 1.29 bits per heavy atom. The van der Waals surface area contributed by atoms with E-state index in [0.717, 1.165) is 5.56 Å². The smallest absolute Gasteiger partial charge is 0.313 e. The number of aliphatic hydroxyl groups is 1. The molecule has 1 aromatic carbocycles. The van der Waals surface area contributed by atoms with Gasteiger partial charge in [0.05, 0.1) is 16.8 Å². The van der Waals surface area contributed by atoms with Gasteiger partial charge < -0.3 is 15.7 Å². The van der Waals surface area contributed by atoms with Crippen molar-refractivity contribution in [1.29, 1.82) is 0 Å². The number of benzene rings is 1. The summed E-state index contributed by atoms with van der Waals surface area (Å²) in [7, 11) is 0. The van der Waals surface area contributed by atoms with Gasteiger partial charge >= 0.3 is 11.8 Å². The van der Waals surface area contributed by atoms with Crippen LogP contribution in [0, 0.1) is 12.8 Å². The molecule has 0 aliphatic heterocycles. The molecule has 1 atom stereocenters. The number of nitrogens with one attached hydrogen (secondary N) is 2. The average molecular weight is 313 g/mol. The van der Waals surface area contributed by atoms with Gasteiger partial charge in [-0.05, 0) is 37.0 Å². The Morgan fingerprint density at radius 3 is 2.52 bits per heavy atom. The van der Waals surface area contributed by atoms with Gasteiger partial charge in [-0.3, -0.25) is 9.59 Å². The minimum absolute atomic E-state index is 0.0477. The molecule has 5 nitrogen and oxygen atoms in total. The van der Waals surface area contributed by atoms with Crippen molar-refractivity contribution in [3.63, 3.8) is 0 Å². The zero-order chi connectivity index (χ0) is 16.0. The number of rotatable bonds is 5. The number of halogens is 1. The third-order valence-electron chi connectivity index (χ3n) is 2.82. The fourth-order valence-corrected chi connectivity index (χ4v) is 2.10. The summed E-state index contributed by atoms with van der Waals surface area (Å²) in [5.74, 6) is -1.29. The summed E-state index contributed by atoms with van der Waals surface area (Å²) >= 11 is 5.98. The van der Waals surface area contributed by atoms with Crippen molar-refractivity contribution < 1.29 is 14.7 Å². The first-order chi connectivity index (χ1) is 9.79. The summed E-state index contributed by atoms with van der Waals surface area (Å²) in [5, 5.41) is 14.9. The zero-order valence-corrected chi connectivity index (χ0v) is 13.2. The lowest BCUT2D eigenvalue weighted by Crippen LogP contribution is -2.39. The molecule has 0 spiro atoms. The predicted octanol–water partition coefficient (Wildman–Crippen LogP) is 2.11. The minimum Gasteiger partial charge on any atom is -0.391 e. The average Bonchev–Trinajstić information content (AvgIpc) is 2.38. The maximum Gasteiger partial charge on any atom is 0.313 e. The second kappa shape index (κ2) is 8.00. The summed E-state index contributed by atoms with van der Waals surface area (Å²) in [6, 6.07) is 5.11. The summed E-state index contributed by atoms with van der Waals surface area (Å²) in [6.07, 6.45) is -0.101. The van der Waals surface area contributed by atoms with Crippen LogP contribution in [0.4, 0.5) is 5.69 Å². The number of aliphatic hydroxyl groups excluding tert-OH is 1. The Labute approximate surface area is 129 Å². The molecule has 0 aliphatic rings. The maximum absolute atomic E-state index is 11.7. The Hall–Kier alpha value is -1.59. The molecule has 21 heavy (non-hydrogen) atoms. The van der Waals surface area contributed by atoms with Crippen LogP contribution in [0.2, 0.25) is 5.02 Å². The molecular weight excluding hydrogens is 292 g/mol. The largest absolute Gasteiger partial charge is 0.391 e. The third-order valence-corrected chi connectivity index (χ3v) is 3.13. The van der Waals surface area contributed by atoms with Gasteiger partial charge in [-0.2, -0.15) is 0 Å². The number of carbonyl (C=O) groups excluding carboxylic acids is 2. The van der Waals surface area contributed by atoms with Crippen molar-refractivity contribution in [2.24, 2.45) is 5.92 Å². The van der Waals surface area contributed by atoms with Crippen LogP contribution >= 0.6 is 11.6 Å². The molecule has 2 amide bonds. The van der Waals surface area contributed by atoms with Gasteiger partial charge in [-0.1, -0.05) is 31.5 Å². The van der Waals surface area contributed by atoms with Crippen LogP contribution in [0.15, 0.2) is 18.2 Å². The number of anilines is 1. The Morgan fingerprint density at radius 2 is 1.95 bits per heavy atom. The van der Waals surface area contributed by atoms with E-state index in [1.54, 1.807) is 18.2 Å². The van der Waals surface area contributed by atoms with Gasteiger partial charge in [-0.25, -0.2) is 0 Å². The zero-order valence-electron chi connectivity index (χ0n) is 12.4. The normalized spacial score (nSPS) is 12.1. The topological polar surface area (TPSA) is 78.4 Å². The van der Waals surface area contributed by atoms with Crippen molar-refractivity contribution in [2.45, 2.75) is 33.3 Å². The van der Waals surface area contributed by atoms with Gasteiger partial charge in [0.15, 0.2) is 0 Å². The minimum atomic E-state index is -0.808. The van der Waals surface area contributed by atoms with E-state index in [0.29, 0.717) is 23.0 Å². The van der Waals surface area contributed by atoms with E-state index in [1.165, 1.54) is 0 Å². The van der Waals surface area contributed by atoms with Gasteiger partial charge in [0.25, 0.3) is 0 Å². The van der Waals surface area contributed by atoms with Crippen molar-refractivity contribution >= 4 is 29.1 Å². The second-order valence-electron chi connectivity index (χ2n) is 5.43. The fourth-order valence-electron chi connectivity index (χ4n) is 1.82. The Kier molecular flexibility index (Phi) is 6.65. The lowest BCUT2D eigenvalue weighted by atomic mass is 10.1. The van der Waals surface area contributed by atoms with Crippen molar-refractivity contribution in [2.75, 3.05) is 11.9 Å². The first kappa shape index (κ1) is 17.5. The van der Waals surface area contributed by atoms with Crippen LogP contribution in [0.3, 0.4) is 0 Å². The molecule has 0 heterocycles. The van der Waals surface area contributed by atoms with Crippen LogP contribution in [-0.2, 0) is 9.59 Å². The number of carbonyl (C=O) groups is 2. The van der Waals surface area contributed by atoms with E-state index >= 15 is 0 Å². The molecular formula is C15H21ClN2O3. The van der Waals surface area contributed by atoms with Gasteiger partial charge in [-0.15, -0.1) is 0 Å². The number of aryl methyl sites for hydroxylation is 1. The molecule has 0 fully saturated rings. The predicted molar refractivity (Wildman–Crippen MR) is 83.3 cm³/mol. The van der Waals surface area contributed by atoms with Crippen LogP contribution in [0.5, 0.6) is 0 Å². The van der Waals surface area contributed by atoms with Crippen LogP contribution in [0.1, 0.15) is 25.8 Å². The molecule has 1 unspecified atom stereocenters. The van der Waals surface area contributed by atoms with Gasteiger partial charge in [0, 0.05) is 6.54 Å². The SMILES string of the molecule is Cc1ccc(NC(=O)C(=O)NCC(O)CC(C)C)c(Cl)c1. The van der Waals surface area contributed by atoms with Crippen LogP contribution in [-0.4, -0.2) is 29.6 Å². The lowest BCUT2D eigenvalue weighted by Gasteiger charge is -2.14. The van der Waals surface area contributed by atoms with Crippen LogP contribution in [0.25, 0.3) is 0 Å². The van der Waals surface area contributed by atoms with E-state index in [1.807, 2.05) is 20.8 Å². The van der Waals surface area contributed by atoms with Crippen molar-refractivity contribution in [3.8, 4) is 0 Å². The molecule has 3 N–H and O–H groups in total. The van der Waals surface area contributed by atoms with Crippen LogP contribution < -0.4 is 10.6 Å². The molecule has 0 bridgehead atoms. The molecule has 6 heteroatoms. The molecule has 0 saturated carbocycles. The summed E-state index contributed by atoms with van der Waals surface area (Å²) in [5.41, 5.74) is 1.34. The van der Waals surface area contributed by atoms with Crippen molar-refractivity contribution in [1.82, 2.24) is 5.32 Å². The van der Waals surface area contributed by atoms with E-state index in [-0.39, 0.29) is 6.54 Å². The molecule has 0 aliphatic carbocycles. The highest BCUT2D eigenvalue weighted by Gasteiger charge is 2.16. The molecule has 0 saturated heterocycles. The maximum atomic E-state index is 11.7. The van der Waals surface area contributed by atoms with E-state index in [9.17, 15) is 14.7 Å². The van der Waals surface area contributed by atoms with Crippen molar-refractivity contribution in [3.05, 3.63) is 28.8 Å². The van der Waals surface area contributed by atoms with E-state index < -0.39 is 17.9 Å². The molecule has 0 radical (unpaired) electrons. The summed E-state index contributed by atoms with van der Waals surface area (Å²) < 4.78 is 0. The Bertz CT molecular complexity index is 518. The first-order valence-corrected chi connectivity index (χ1v) is 7.20. The monoisotopic (exact) mass is 312 g/mol. The molecule has 0 aromatic heterocycles. The van der Waals surface area contributed by atoms with E-state index in [4.69, 9.17) is 11.6 Å².